The van der Waals surface area contributed by atoms with Crippen LogP contribution in [0, 0.1) is 11.3 Å². The summed E-state index contributed by atoms with van der Waals surface area (Å²) in [6, 6.07) is 2.35. The van der Waals surface area contributed by atoms with Gasteiger partial charge in [0.15, 0.2) is 0 Å². The van der Waals surface area contributed by atoms with Gasteiger partial charge in [0.2, 0.25) is 0 Å². The number of rotatable bonds is 8. The van der Waals surface area contributed by atoms with Crippen molar-refractivity contribution < 1.29 is 0 Å². The third-order valence-corrected chi connectivity index (χ3v) is 20.2. The van der Waals surface area contributed by atoms with Gasteiger partial charge in [-0.3, -0.25) is 0 Å². The molecule has 0 aliphatic heterocycles. The molecule has 0 aliphatic carbocycles. The van der Waals surface area contributed by atoms with Gasteiger partial charge in [-0.2, -0.15) is 0 Å². The predicted molar refractivity (Wildman–Crippen MR) is 66.1 cm³/mol. The summed E-state index contributed by atoms with van der Waals surface area (Å²) in [5.41, 5.74) is 0. The average Bonchev–Trinajstić information content (AvgIpc) is 2.16. The van der Waals surface area contributed by atoms with Crippen LogP contribution in [0.25, 0.3) is 0 Å². The third kappa shape index (κ3) is 5.24. The molecule has 82 valence electrons. The number of nitriles is 1. The summed E-state index contributed by atoms with van der Waals surface area (Å²) >= 11 is -1.82. The summed E-state index contributed by atoms with van der Waals surface area (Å²) in [5, 5.41) is 8.72. The maximum absolute atomic E-state index is 8.72. The van der Waals surface area contributed by atoms with Crippen LogP contribution in [-0.2, 0) is 0 Å². The molecule has 0 heterocycles. The standard InChI is InChI=1S/C3H4N.3C3H7.Sn/c1-2-3-4;3*1-3-2;/h1-2H2;3*1,3H2,2H3;. The Kier molecular flexibility index (Phi) is 8.76. The second-order valence-corrected chi connectivity index (χ2v) is 18.7. The second-order valence-electron chi connectivity index (χ2n) is 4.41. The normalized spacial score (nSPS) is 11.3. The Morgan fingerprint density at radius 2 is 1.29 bits per heavy atom. The SMILES string of the molecule is CC[CH2][Sn]([CH2]CC)([CH2]CC)[CH2]CC#N. The molecular weight excluding hydrogens is 277 g/mol. The first kappa shape index (κ1) is 14.3. The molecule has 1 nitrogen and oxygen atoms in total. The first-order valence-electron chi connectivity index (χ1n) is 6.11. The molecule has 0 rings (SSSR count). The molecule has 0 saturated heterocycles. The zero-order chi connectivity index (χ0) is 10.9. The van der Waals surface area contributed by atoms with E-state index in [1.54, 1.807) is 0 Å². The molecule has 0 atom stereocenters. The number of nitrogens with zero attached hydrogens (tertiary/aromatic N) is 1. The molecule has 0 aromatic rings. The van der Waals surface area contributed by atoms with Crippen molar-refractivity contribution in [2.24, 2.45) is 0 Å². The van der Waals surface area contributed by atoms with Crippen LogP contribution in [0.3, 0.4) is 0 Å². The van der Waals surface area contributed by atoms with Crippen LogP contribution in [0.15, 0.2) is 0 Å². The van der Waals surface area contributed by atoms with Crippen LogP contribution in [-0.4, -0.2) is 18.4 Å². The molecule has 0 aromatic carbocycles. The van der Waals surface area contributed by atoms with Gasteiger partial charge in [-0.15, -0.1) is 0 Å². The van der Waals surface area contributed by atoms with E-state index in [9.17, 15) is 0 Å². The zero-order valence-electron chi connectivity index (χ0n) is 10.1. The molecular formula is C12H25NSn. The van der Waals surface area contributed by atoms with E-state index in [2.05, 4.69) is 26.8 Å². The van der Waals surface area contributed by atoms with Crippen LogP contribution in [0.1, 0.15) is 46.5 Å². The van der Waals surface area contributed by atoms with Crippen molar-refractivity contribution in [3.8, 4) is 6.07 Å². The molecule has 0 amide bonds. The van der Waals surface area contributed by atoms with Crippen LogP contribution >= 0.6 is 0 Å². The Morgan fingerprint density at radius 1 is 0.857 bits per heavy atom. The number of hydrogen-bond donors (Lipinski definition) is 0. The van der Waals surface area contributed by atoms with E-state index in [0.29, 0.717) is 0 Å². The Balaban J connectivity index is 4.30. The molecule has 2 heteroatoms. The van der Waals surface area contributed by atoms with E-state index >= 15 is 0 Å². The van der Waals surface area contributed by atoms with E-state index in [1.165, 1.54) is 37.0 Å². The summed E-state index contributed by atoms with van der Waals surface area (Å²) in [6.07, 6.45) is 4.88. The molecule has 0 N–H and O–H groups in total. The van der Waals surface area contributed by atoms with E-state index in [-0.39, 0.29) is 0 Å². The van der Waals surface area contributed by atoms with Crippen molar-refractivity contribution in [3.63, 3.8) is 0 Å². The van der Waals surface area contributed by atoms with Gasteiger partial charge in [-0.1, -0.05) is 0 Å². The molecule has 0 aromatic heterocycles. The fourth-order valence-electron chi connectivity index (χ4n) is 2.66. The first-order chi connectivity index (χ1) is 6.74. The van der Waals surface area contributed by atoms with E-state index in [0.717, 1.165) is 6.42 Å². The van der Waals surface area contributed by atoms with Crippen LogP contribution in [0.2, 0.25) is 17.7 Å². The average molecular weight is 302 g/mol. The quantitative estimate of drug-likeness (QED) is 0.602. The fourth-order valence-corrected chi connectivity index (χ4v) is 17.9. The van der Waals surface area contributed by atoms with Gasteiger partial charge in [-0.25, -0.2) is 0 Å². The fraction of sp³-hybridized carbons (Fsp3) is 0.917. The van der Waals surface area contributed by atoms with Crippen molar-refractivity contribution in [2.75, 3.05) is 0 Å². The monoisotopic (exact) mass is 303 g/mol. The van der Waals surface area contributed by atoms with Crippen molar-refractivity contribution >= 4 is 18.4 Å². The number of hydrogen-bond acceptors (Lipinski definition) is 1. The second kappa shape index (κ2) is 8.59. The maximum atomic E-state index is 8.72. The Bertz CT molecular complexity index is 155. The summed E-state index contributed by atoms with van der Waals surface area (Å²) in [5.74, 6) is 0. The third-order valence-electron chi connectivity index (χ3n) is 3.11. The summed E-state index contributed by atoms with van der Waals surface area (Å²) < 4.78 is 5.86. The minimum absolute atomic E-state index is 0.829. The van der Waals surface area contributed by atoms with E-state index in [1.807, 2.05) is 0 Å². The zero-order valence-corrected chi connectivity index (χ0v) is 13.0. The Hall–Kier alpha value is 0.289. The first-order valence-corrected chi connectivity index (χ1v) is 14.2. The molecule has 14 heavy (non-hydrogen) atoms. The van der Waals surface area contributed by atoms with Crippen LogP contribution in [0.4, 0.5) is 0 Å². The van der Waals surface area contributed by atoms with Crippen molar-refractivity contribution in [1.82, 2.24) is 0 Å². The van der Waals surface area contributed by atoms with Crippen molar-refractivity contribution in [3.05, 3.63) is 0 Å². The summed E-state index contributed by atoms with van der Waals surface area (Å²) in [6.45, 7) is 6.93. The molecule has 0 fully saturated rings. The van der Waals surface area contributed by atoms with Gasteiger partial charge in [0.05, 0.1) is 0 Å². The molecule has 0 bridgehead atoms. The van der Waals surface area contributed by atoms with Gasteiger partial charge >= 0.3 is 93.9 Å². The topological polar surface area (TPSA) is 23.8 Å². The summed E-state index contributed by atoms with van der Waals surface area (Å²) in [4.78, 5) is 0. The van der Waals surface area contributed by atoms with Gasteiger partial charge in [0.25, 0.3) is 0 Å². The van der Waals surface area contributed by atoms with Crippen molar-refractivity contribution in [2.45, 2.75) is 64.2 Å². The van der Waals surface area contributed by atoms with E-state index in [4.69, 9.17) is 5.26 Å². The van der Waals surface area contributed by atoms with Gasteiger partial charge in [0, 0.05) is 0 Å². The van der Waals surface area contributed by atoms with Gasteiger partial charge < -0.3 is 0 Å². The van der Waals surface area contributed by atoms with Crippen LogP contribution < -0.4 is 0 Å². The predicted octanol–water partition coefficient (Wildman–Crippen LogP) is 4.58. The Morgan fingerprint density at radius 3 is 1.57 bits per heavy atom. The van der Waals surface area contributed by atoms with Crippen molar-refractivity contribution in [1.29, 1.82) is 5.26 Å². The van der Waals surface area contributed by atoms with Crippen LogP contribution in [0.5, 0.6) is 0 Å². The van der Waals surface area contributed by atoms with Gasteiger partial charge in [0.1, 0.15) is 0 Å². The minimum atomic E-state index is -1.82. The molecule has 0 radical (unpaired) electrons. The molecule has 0 saturated carbocycles. The Labute approximate surface area is 93.8 Å². The van der Waals surface area contributed by atoms with Gasteiger partial charge in [-0.05, 0) is 0 Å². The molecule has 0 aliphatic rings. The summed E-state index contributed by atoms with van der Waals surface area (Å²) in [7, 11) is 0. The molecule has 0 unspecified atom stereocenters. The molecule has 0 spiro atoms. The van der Waals surface area contributed by atoms with E-state index < -0.39 is 18.4 Å².